The molecule has 4 rings (SSSR count). The van der Waals surface area contributed by atoms with Gasteiger partial charge >= 0.3 is 0 Å². The highest BCUT2D eigenvalue weighted by Gasteiger charge is 2.17. The molecular weight excluding hydrogens is 701 g/mol. The summed E-state index contributed by atoms with van der Waals surface area (Å²) < 4.78 is 1.95. The highest BCUT2D eigenvalue weighted by atomic mass is 127. The van der Waals surface area contributed by atoms with Crippen LogP contribution in [0.25, 0.3) is 6.08 Å². The maximum absolute atomic E-state index is 13.3. The second-order valence-electron chi connectivity index (χ2n) is 8.67. The summed E-state index contributed by atoms with van der Waals surface area (Å²) in [6.45, 7) is 1.84. The Morgan fingerprint density at radius 2 is 1.48 bits per heavy atom. The van der Waals surface area contributed by atoms with Gasteiger partial charge in [-0.1, -0.05) is 46.3 Å². The number of anilines is 2. The van der Waals surface area contributed by atoms with E-state index in [1.807, 2.05) is 73.7 Å². The first-order valence-corrected chi connectivity index (χ1v) is 15.0. The minimum Gasteiger partial charge on any atom is -0.325 e. The van der Waals surface area contributed by atoms with Crippen molar-refractivity contribution in [3.05, 3.63) is 128 Å². The van der Waals surface area contributed by atoms with E-state index in [9.17, 15) is 14.4 Å². The van der Waals surface area contributed by atoms with E-state index >= 15 is 0 Å². The summed E-state index contributed by atoms with van der Waals surface area (Å²) in [4.78, 5) is 39.6. The van der Waals surface area contributed by atoms with Gasteiger partial charge in [0.05, 0.1) is 5.25 Å². The maximum atomic E-state index is 13.3. The lowest BCUT2D eigenvalue weighted by molar-refractivity contribution is -0.115. The van der Waals surface area contributed by atoms with Gasteiger partial charge in [-0.2, -0.15) is 0 Å². The second-order valence-corrected chi connectivity index (χ2v) is 12.2. The standard InChI is InChI=1S/C31H25BrIN3O3S/c1-20(29(37)34-25-12-10-24(33)11-13-25)40-27-16-14-26(15-17-27)35-31(39)28(19-21-6-5-9-23(32)18-21)36-30(38)22-7-3-2-4-8-22/h2-20H,1H3,(H,34,37)(H,35,39)(H,36,38)/b28-19-. The Bertz CT molecular complexity index is 1530. The molecule has 1 unspecified atom stereocenters. The van der Waals surface area contributed by atoms with Gasteiger partial charge in [-0.25, -0.2) is 0 Å². The fourth-order valence-corrected chi connectivity index (χ4v) is 5.20. The van der Waals surface area contributed by atoms with E-state index in [1.165, 1.54) is 11.8 Å². The molecule has 202 valence electrons. The lowest BCUT2D eigenvalue weighted by atomic mass is 10.1. The monoisotopic (exact) mass is 725 g/mol. The SMILES string of the molecule is CC(Sc1ccc(NC(=O)/C(=C/c2cccc(Br)c2)NC(=O)c2ccccc2)cc1)C(=O)Nc1ccc(I)cc1. The molecule has 4 aromatic carbocycles. The lowest BCUT2D eigenvalue weighted by Crippen LogP contribution is -2.30. The number of hydrogen-bond acceptors (Lipinski definition) is 4. The normalized spacial score (nSPS) is 11.8. The van der Waals surface area contributed by atoms with Crippen molar-refractivity contribution in [2.45, 2.75) is 17.1 Å². The van der Waals surface area contributed by atoms with E-state index in [0.29, 0.717) is 11.3 Å². The van der Waals surface area contributed by atoms with Gasteiger partial charge in [-0.15, -0.1) is 11.8 Å². The van der Waals surface area contributed by atoms with Gasteiger partial charge in [0.15, 0.2) is 0 Å². The van der Waals surface area contributed by atoms with Crippen LogP contribution in [-0.4, -0.2) is 23.0 Å². The second kappa shape index (κ2) is 14.3. The van der Waals surface area contributed by atoms with Crippen LogP contribution >= 0.6 is 50.3 Å². The van der Waals surface area contributed by atoms with E-state index in [2.05, 4.69) is 54.5 Å². The number of thioether (sulfide) groups is 1. The number of amides is 3. The molecule has 0 spiro atoms. The molecule has 0 aliphatic rings. The molecule has 40 heavy (non-hydrogen) atoms. The number of rotatable bonds is 9. The summed E-state index contributed by atoms with van der Waals surface area (Å²) in [6, 6.07) is 31.0. The molecule has 0 saturated heterocycles. The molecular formula is C31H25BrIN3O3S. The van der Waals surface area contributed by atoms with Crippen molar-refractivity contribution in [2.75, 3.05) is 10.6 Å². The van der Waals surface area contributed by atoms with Crippen LogP contribution in [0.4, 0.5) is 11.4 Å². The van der Waals surface area contributed by atoms with Crippen LogP contribution in [0.1, 0.15) is 22.8 Å². The first-order valence-electron chi connectivity index (χ1n) is 12.2. The molecule has 0 aliphatic carbocycles. The highest BCUT2D eigenvalue weighted by molar-refractivity contribution is 14.1. The molecule has 3 N–H and O–H groups in total. The summed E-state index contributed by atoms with van der Waals surface area (Å²) in [7, 11) is 0. The maximum Gasteiger partial charge on any atom is 0.272 e. The number of carbonyl (C=O) groups excluding carboxylic acids is 3. The first-order chi connectivity index (χ1) is 19.3. The Balaban J connectivity index is 1.42. The van der Waals surface area contributed by atoms with Crippen LogP contribution < -0.4 is 16.0 Å². The Hall–Kier alpha value is -3.41. The molecule has 0 aliphatic heterocycles. The van der Waals surface area contributed by atoms with Gasteiger partial charge in [-0.05, 0) is 114 Å². The predicted octanol–water partition coefficient (Wildman–Crippen LogP) is 7.58. The largest absolute Gasteiger partial charge is 0.325 e. The van der Waals surface area contributed by atoms with Crippen molar-refractivity contribution < 1.29 is 14.4 Å². The zero-order valence-corrected chi connectivity index (χ0v) is 25.9. The summed E-state index contributed by atoms with van der Waals surface area (Å²) in [6.07, 6.45) is 1.62. The fraction of sp³-hybridized carbons (Fsp3) is 0.0645. The van der Waals surface area contributed by atoms with Crippen molar-refractivity contribution in [1.29, 1.82) is 0 Å². The molecule has 0 saturated carbocycles. The van der Waals surface area contributed by atoms with Gasteiger partial charge in [0.2, 0.25) is 5.91 Å². The van der Waals surface area contributed by atoms with E-state index in [4.69, 9.17) is 0 Å². The van der Waals surface area contributed by atoms with Crippen LogP contribution in [0.2, 0.25) is 0 Å². The molecule has 0 bridgehead atoms. The van der Waals surface area contributed by atoms with Crippen molar-refractivity contribution in [3.63, 3.8) is 0 Å². The average Bonchev–Trinajstić information content (AvgIpc) is 2.95. The van der Waals surface area contributed by atoms with Crippen LogP contribution in [0.5, 0.6) is 0 Å². The van der Waals surface area contributed by atoms with Crippen LogP contribution in [0.3, 0.4) is 0 Å². The summed E-state index contributed by atoms with van der Waals surface area (Å²) >= 11 is 7.07. The third-order valence-corrected chi connectivity index (χ3v) is 7.92. The van der Waals surface area contributed by atoms with Crippen LogP contribution in [-0.2, 0) is 9.59 Å². The van der Waals surface area contributed by atoms with Crippen molar-refractivity contribution in [1.82, 2.24) is 5.32 Å². The number of benzene rings is 4. The Kier molecular flexibility index (Phi) is 10.6. The summed E-state index contributed by atoms with van der Waals surface area (Å²) in [5, 5.41) is 8.19. The number of halogens is 2. The van der Waals surface area contributed by atoms with Gasteiger partial charge in [0.1, 0.15) is 5.70 Å². The first kappa shape index (κ1) is 29.6. The third-order valence-electron chi connectivity index (χ3n) is 5.59. The number of hydrogen-bond donors (Lipinski definition) is 3. The van der Waals surface area contributed by atoms with Crippen molar-refractivity contribution in [3.8, 4) is 0 Å². The van der Waals surface area contributed by atoms with Crippen molar-refractivity contribution >= 4 is 85.5 Å². The lowest BCUT2D eigenvalue weighted by Gasteiger charge is -2.14. The molecule has 0 heterocycles. The smallest absolute Gasteiger partial charge is 0.272 e. The van der Waals surface area contributed by atoms with E-state index in [0.717, 1.165) is 24.2 Å². The quantitative estimate of drug-likeness (QED) is 0.0944. The van der Waals surface area contributed by atoms with E-state index in [-0.39, 0.29) is 22.8 Å². The van der Waals surface area contributed by atoms with Gasteiger partial charge in [-0.3, -0.25) is 14.4 Å². The molecule has 0 radical (unpaired) electrons. The molecule has 1 atom stereocenters. The minimum absolute atomic E-state index is 0.0972. The molecule has 3 amide bonds. The van der Waals surface area contributed by atoms with E-state index in [1.54, 1.807) is 42.5 Å². The third kappa shape index (κ3) is 8.80. The molecule has 4 aromatic rings. The molecule has 6 nitrogen and oxygen atoms in total. The summed E-state index contributed by atoms with van der Waals surface area (Å²) in [5.41, 5.74) is 2.60. The minimum atomic E-state index is -0.463. The van der Waals surface area contributed by atoms with E-state index < -0.39 is 5.91 Å². The average molecular weight is 726 g/mol. The zero-order chi connectivity index (χ0) is 28.5. The topological polar surface area (TPSA) is 87.3 Å². The zero-order valence-electron chi connectivity index (χ0n) is 21.4. The predicted molar refractivity (Wildman–Crippen MR) is 174 cm³/mol. The molecule has 0 fully saturated rings. The Labute approximate surface area is 259 Å². The number of nitrogens with one attached hydrogen (secondary N) is 3. The fourth-order valence-electron chi connectivity index (χ4n) is 3.56. The van der Waals surface area contributed by atoms with Gasteiger partial charge in [0.25, 0.3) is 11.8 Å². The molecule has 9 heteroatoms. The van der Waals surface area contributed by atoms with Crippen molar-refractivity contribution in [2.24, 2.45) is 0 Å². The van der Waals surface area contributed by atoms with Crippen LogP contribution in [0.15, 0.2) is 118 Å². The Morgan fingerprint density at radius 1 is 0.825 bits per heavy atom. The van der Waals surface area contributed by atoms with Gasteiger partial charge in [0, 0.05) is 29.9 Å². The number of carbonyl (C=O) groups is 3. The Morgan fingerprint density at radius 3 is 2.15 bits per heavy atom. The summed E-state index contributed by atoms with van der Waals surface area (Å²) in [5.74, 6) is -0.948. The molecule has 0 aromatic heterocycles. The highest BCUT2D eigenvalue weighted by Crippen LogP contribution is 2.26. The van der Waals surface area contributed by atoms with Gasteiger partial charge < -0.3 is 16.0 Å². The van der Waals surface area contributed by atoms with Crippen LogP contribution in [0, 0.1) is 3.57 Å².